The molecule has 18 heavy (non-hydrogen) atoms. The fourth-order valence-electron chi connectivity index (χ4n) is 1.41. The molecule has 1 aromatic carbocycles. The van der Waals surface area contributed by atoms with E-state index in [2.05, 4.69) is 26.1 Å². The highest BCUT2D eigenvalue weighted by molar-refractivity contribution is 9.10. The number of halogens is 1. The van der Waals surface area contributed by atoms with Gasteiger partial charge in [0.15, 0.2) is 0 Å². The lowest BCUT2D eigenvalue weighted by Gasteiger charge is -2.10. The molecular formula is C12H14BrN3O2. The van der Waals surface area contributed by atoms with Crippen molar-refractivity contribution in [2.24, 2.45) is 5.73 Å². The van der Waals surface area contributed by atoms with Gasteiger partial charge in [-0.2, -0.15) is 4.98 Å². The maximum absolute atomic E-state index is 5.90. The summed E-state index contributed by atoms with van der Waals surface area (Å²) in [5.41, 5.74) is 6.09. The largest absolute Gasteiger partial charge is 0.496 e. The molecule has 1 heterocycles. The lowest BCUT2D eigenvalue weighted by molar-refractivity contribution is 0.312. The van der Waals surface area contributed by atoms with Crippen LogP contribution in [0.1, 0.15) is 19.7 Å². The minimum atomic E-state index is -0.644. The third kappa shape index (κ3) is 2.54. The van der Waals surface area contributed by atoms with Gasteiger partial charge in [-0.3, -0.25) is 0 Å². The van der Waals surface area contributed by atoms with Crippen molar-refractivity contribution >= 4 is 15.9 Å². The predicted octanol–water partition coefficient (Wildman–Crippen LogP) is 2.70. The monoisotopic (exact) mass is 311 g/mol. The Morgan fingerprint density at radius 2 is 2.11 bits per heavy atom. The molecule has 0 spiro atoms. The lowest BCUT2D eigenvalue weighted by Crippen LogP contribution is -2.28. The van der Waals surface area contributed by atoms with Crippen LogP contribution in [0.3, 0.4) is 0 Å². The number of methoxy groups -OCH3 is 1. The normalized spacial score (nSPS) is 11.6. The molecule has 5 nitrogen and oxygen atoms in total. The highest BCUT2D eigenvalue weighted by Gasteiger charge is 2.22. The van der Waals surface area contributed by atoms with Gasteiger partial charge in [0.05, 0.1) is 17.1 Å². The van der Waals surface area contributed by atoms with Crippen molar-refractivity contribution in [3.8, 4) is 17.1 Å². The van der Waals surface area contributed by atoms with Gasteiger partial charge in [0.2, 0.25) is 11.7 Å². The molecule has 2 rings (SSSR count). The Hall–Kier alpha value is -1.40. The van der Waals surface area contributed by atoms with Gasteiger partial charge in [0, 0.05) is 5.56 Å². The van der Waals surface area contributed by atoms with Crippen molar-refractivity contribution in [2.45, 2.75) is 19.4 Å². The molecule has 0 saturated heterocycles. The van der Waals surface area contributed by atoms with Gasteiger partial charge in [-0.15, -0.1) is 0 Å². The van der Waals surface area contributed by atoms with E-state index in [1.54, 1.807) is 7.11 Å². The molecule has 2 N–H and O–H groups in total. The Balaban J connectivity index is 2.38. The predicted molar refractivity (Wildman–Crippen MR) is 71.2 cm³/mol. The molecule has 1 aromatic heterocycles. The first-order chi connectivity index (χ1) is 8.41. The van der Waals surface area contributed by atoms with Crippen LogP contribution in [0.25, 0.3) is 11.4 Å². The number of nitrogens with zero attached hydrogens (tertiary/aromatic N) is 2. The summed E-state index contributed by atoms with van der Waals surface area (Å²) < 4.78 is 11.1. The highest BCUT2D eigenvalue weighted by Crippen LogP contribution is 2.29. The van der Waals surface area contributed by atoms with E-state index in [9.17, 15) is 0 Å². The number of hydrogen-bond acceptors (Lipinski definition) is 5. The van der Waals surface area contributed by atoms with E-state index in [4.69, 9.17) is 15.0 Å². The van der Waals surface area contributed by atoms with Crippen LogP contribution in [-0.2, 0) is 5.54 Å². The van der Waals surface area contributed by atoms with Crippen molar-refractivity contribution < 1.29 is 9.26 Å². The van der Waals surface area contributed by atoms with Crippen molar-refractivity contribution in [3.05, 3.63) is 28.6 Å². The second kappa shape index (κ2) is 4.70. The van der Waals surface area contributed by atoms with E-state index in [-0.39, 0.29) is 0 Å². The fourth-order valence-corrected chi connectivity index (χ4v) is 1.95. The van der Waals surface area contributed by atoms with Crippen molar-refractivity contribution in [3.63, 3.8) is 0 Å². The van der Waals surface area contributed by atoms with Crippen LogP contribution in [0.15, 0.2) is 27.2 Å². The van der Waals surface area contributed by atoms with E-state index in [1.807, 2.05) is 32.0 Å². The summed E-state index contributed by atoms with van der Waals surface area (Å²) in [6.45, 7) is 3.63. The van der Waals surface area contributed by atoms with E-state index in [1.165, 1.54) is 0 Å². The van der Waals surface area contributed by atoms with Crippen molar-refractivity contribution in [2.75, 3.05) is 7.11 Å². The smallest absolute Gasteiger partial charge is 0.246 e. The highest BCUT2D eigenvalue weighted by atomic mass is 79.9. The van der Waals surface area contributed by atoms with Crippen LogP contribution >= 0.6 is 15.9 Å². The first kappa shape index (κ1) is 13.0. The van der Waals surface area contributed by atoms with Gasteiger partial charge < -0.3 is 15.0 Å². The summed E-state index contributed by atoms with van der Waals surface area (Å²) in [5.74, 6) is 1.66. The Kier molecular flexibility index (Phi) is 3.41. The zero-order valence-corrected chi connectivity index (χ0v) is 12.0. The molecule has 0 atom stereocenters. The molecule has 0 amide bonds. The molecule has 0 unspecified atom stereocenters. The van der Waals surface area contributed by atoms with Gasteiger partial charge in [-0.25, -0.2) is 0 Å². The molecule has 6 heteroatoms. The molecule has 0 saturated carbocycles. The average molecular weight is 312 g/mol. The Bertz CT molecular complexity index is 561. The maximum atomic E-state index is 5.90. The van der Waals surface area contributed by atoms with E-state index in [0.29, 0.717) is 11.7 Å². The zero-order valence-electron chi connectivity index (χ0n) is 10.4. The van der Waals surface area contributed by atoms with E-state index in [0.717, 1.165) is 15.8 Å². The molecule has 0 aliphatic rings. The minimum absolute atomic E-state index is 0.407. The summed E-state index contributed by atoms with van der Waals surface area (Å²) >= 11 is 3.42. The first-order valence-corrected chi connectivity index (χ1v) is 6.18. The number of ether oxygens (including phenoxy) is 1. The van der Waals surface area contributed by atoms with Crippen LogP contribution in [0, 0.1) is 0 Å². The second-order valence-corrected chi connectivity index (χ2v) is 5.35. The average Bonchev–Trinajstić information content (AvgIpc) is 2.77. The summed E-state index contributed by atoms with van der Waals surface area (Å²) in [7, 11) is 1.61. The van der Waals surface area contributed by atoms with Gasteiger partial charge in [-0.1, -0.05) is 5.16 Å². The molecule has 0 fully saturated rings. The van der Waals surface area contributed by atoms with Gasteiger partial charge in [0.1, 0.15) is 5.75 Å². The van der Waals surface area contributed by atoms with Crippen LogP contribution in [0.4, 0.5) is 0 Å². The second-order valence-electron chi connectivity index (χ2n) is 4.49. The Morgan fingerprint density at radius 1 is 1.39 bits per heavy atom. The summed E-state index contributed by atoms with van der Waals surface area (Å²) in [4.78, 5) is 4.28. The maximum Gasteiger partial charge on any atom is 0.246 e. The van der Waals surface area contributed by atoms with Crippen LogP contribution in [0.2, 0.25) is 0 Å². The van der Waals surface area contributed by atoms with E-state index < -0.39 is 5.54 Å². The topological polar surface area (TPSA) is 74.2 Å². The first-order valence-electron chi connectivity index (χ1n) is 5.39. The molecule has 0 aliphatic carbocycles. The van der Waals surface area contributed by atoms with Crippen LogP contribution < -0.4 is 10.5 Å². The Morgan fingerprint density at radius 3 is 2.61 bits per heavy atom. The van der Waals surface area contributed by atoms with Gasteiger partial charge in [0.25, 0.3) is 0 Å². The number of benzene rings is 1. The summed E-state index contributed by atoms with van der Waals surface area (Å²) in [6, 6.07) is 5.57. The molecular weight excluding hydrogens is 298 g/mol. The minimum Gasteiger partial charge on any atom is -0.496 e. The van der Waals surface area contributed by atoms with Crippen LogP contribution in [-0.4, -0.2) is 17.3 Å². The standard InChI is InChI=1S/C12H14BrN3O2/c1-12(2,14)11-15-10(16-18-11)7-4-5-9(17-3)8(13)6-7/h4-6H,14H2,1-3H3. The van der Waals surface area contributed by atoms with Crippen molar-refractivity contribution in [1.29, 1.82) is 0 Å². The molecule has 2 aromatic rings. The third-order valence-corrected chi connectivity index (χ3v) is 3.01. The van der Waals surface area contributed by atoms with Gasteiger partial charge >= 0.3 is 0 Å². The van der Waals surface area contributed by atoms with Gasteiger partial charge in [-0.05, 0) is 48.0 Å². The number of nitrogens with two attached hydrogens (primary N) is 1. The SMILES string of the molecule is COc1ccc(-c2noc(C(C)(C)N)n2)cc1Br. The fraction of sp³-hybridized carbons (Fsp3) is 0.333. The van der Waals surface area contributed by atoms with Crippen LogP contribution in [0.5, 0.6) is 5.75 Å². The number of rotatable bonds is 3. The molecule has 0 radical (unpaired) electrons. The number of aromatic nitrogens is 2. The molecule has 96 valence electrons. The van der Waals surface area contributed by atoms with E-state index >= 15 is 0 Å². The summed E-state index contributed by atoms with van der Waals surface area (Å²) in [6.07, 6.45) is 0. The van der Waals surface area contributed by atoms with Crippen molar-refractivity contribution in [1.82, 2.24) is 10.1 Å². The lowest BCUT2D eigenvalue weighted by atomic mass is 10.1. The summed E-state index contributed by atoms with van der Waals surface area (Å²) in [5, 5.41) is 3.92. The molecule has 0 aliphatic heterocycles. The quantitative estimate of drug-likeness (QED) is 0.943. The molecule has 0 bridgehead atoms. The Labute approximate surface area is 113 Å². The third-order valence-electron chi connectivity index (χ3n) is 2.39. The number of hydrogen-bond donors (Lipinski definition) is 1. The zero-order chi connectivity index (χ0) is 13.3.